The van der Waals surface area contributed by atoms with Gasteiger partial charge in [0.2, 0.25) is 5.91 Å². The van der Waals surface area contributed by atoms with E-state index < -0.39 is 11.4 Å². The molecular formula is C29H46ClFN2O4. The second-order valence-electron chi connectivity index (χ2n) is 11.2. The molecule has 1 aliphatic carbocycles. The molecule has 0 bridgehead atoms. The number of benzene rings is 1. The zero-order chi connectivity index (χ0) is 26.8. The van der Waals surface area contributed by atoms with E-state index >= 15 is 4.39 Å². The van der Waals surface area contributed by atoms with Gasteiger partial charge in [0.1, 0.15) is 5.82 Å². The van der Waals surface area contributed by atoms with Crippen LogP contribution in [0.4, 0.5) is 4.39 Å². The van der Waals surface area contributed by atoms with Crippen molar-refractivity contribution in [3.8, 4) is 0 Å². The lowest BCUT2D eigenvalue weighted by atomic mass is 9.73. The number of carbonyl (C=O) groups excluding carboxylic acids is 1. The third-order valence-corrected chi connectivity index (χ3v) is 8.75. The first-order valence-corrected chi connectivity index (χ1v) is 14.4. The van der Waals surface area contributed by atoms with E-state index in [0.29, 0.717) is 44.9 Å². The normalized spacial score (nSPS) is 25.0. The van der Waals surface area contributed by atoms with Crippen LogP contribution in [0, 0.1) is 23.6 Å². The molecule has 1 aromatic carbocycles. The lowest BCUT2D eigenvalue weighted by Crippen LogP contribution is -2.49. The van der Waals surface area contributed by atoms with Crippen LogP contribution in [0.3, 0.4) is 0 Å². The quantitative estimate of drug-likeness (QED) is 0.310. The van der Waals surface area contributed by atoms with Gasteiger partial charge in [0.25, 0.3) is 0 Å². The predicted octanol–water partition coefficient (Wildman–Crippen LogP) is 4.89. The maximum Gasteiger partial charge on any atom is 0.222 e. The molecular weight excluding hydrogens is 495 g/mol. The van der Waals surface area contributed by atoms with E-state index in [-0.39, 0.29) is 34.4 Å². The summed E-state index contributed by atoms with van der Waals surface area (Å²) in [5.41, 5.74) is -1.18. The molecule has 210 valence electrons. The van der Waals surface area contributed by atoms with Gasteiger partial charge in [-0.3, -0.25) is 4.79 Å². The first kappa shape index (κ1) is 30.3. The first-order valence-electron chi connectivity index (χ1n) is 14.0. The van der Waals surface area contributed by atoms with Gasteiger partial charge in [-0.2, -0.15) is 0 Å². The summed E-state index contributed by atoms with van der Waals surface area (Å²) >= 11 is 6.11. The number of nitrogens with zero attached hydrogens (tertiary/aromatic N) is 1. The Morgan fingerprint density at radius 2 is 2.03 bits per heavy atom. The molecule has 0 radical (unpaired) electrons. The van der Waals surface area contributed by atoms with E-state index in [1.54, 1.807) is 19.2 Å². The van der Waals surface area contributed by atoms with Crippen molar-refractivity contribution in [2.45, 2.75) is 82.3 Å². The Morgan fingerprint density at radius 3 is 2.73 bits per heavy atom. The minimum Gasteiger partial charge on any atom is -0.393 e. The number of unbranched alkanes of at least 4 members (excludes halogenated alkanes) is 1. The summed E-state index contributed by atoms with van der Waals surface area (Å²) in [4.78, 5) is 15.4. The van der Waals surface area contributed by atoms with Crippen LogP contribution in [0.2, 0.25) is 5.02 Å². The molecule has 37 heavy (non-hydrogen) atoms. The van der Waals surface area contributed by atoms with Crippen molar-refractivity contribution in [2.75, 3.05) is 40.4 Å². The highest BCUT2D eigenvalue weighted by Gasteiger charge is 2.43. The smallest absolute Gasteiger partial charge is 0.222 e. The third kappa shape index (κ3) is 8.37. The number of ether oxygens (including phenoxy) is 1. The van der Waals surface area contributed by atoms with Gasteiger partial charge in [0, 0.05) is 44.7 Å². The Bertz CT molecular complexity index is 851. The number of aliphatic hydroxyl groups excluding tert-OH is 1. The number of rotatable bonds is 13. The number of hydrogen-bond donors (Lipinski definition) is 3. The Morgan fingerprint density at radius 1 is 1.27 bits per heavy atom. The van der Waals surface area contributed by atoms with Crippen molar-refractivity contribution in [3.63, 3.8) is 0 Å². The molecule has 3 atom stereocenters. The number of halogens is 2. The minimum absolute atomic E-state index is 0.00157. The van der Waals surface area contributed by atoms with Crippen LogP contribution in [0.1, 0.15) is 76.2 Å². The highest BCUT2D eigenvalue weighted by Crippen LogP contribution is 2.42. The van der Waals surface area contributed by atoms with Crippen molar-refractivity contribution in [1.82, 2.24) is 10.2 Å². The van der Waals surface area contributed by atoms with Crippen molar-refractivity contribution in [2.24, 2.45) is 17.8 Å². The molecule has 3 rings (SSSR count). The van der Waals surface area contributed by atoms with Gasteiger partial charge in [-0.1, -0.05) is 23.7 Å². The molecule has 2 fully saturated rings. The highest BCUT2D eigenvalue weighted by molar-refractivity contribution is 6.30. The van der Waals surface area contributed by atoms with Crippen LogP contribution in [-0.2, 0) is 15.1 Å². The second-order valence-corrected chi connectivity index (χ2v) is 11.6. The summed E-state index contributed by atoms with van der Waals surface area (Å²) in [5, 5.41) is 25.1. The molecule has 6 nitrogen and oxygen atoms in total. The van der Waals surface area contributed by atoms with Gasteiger partial charge in [-0.15, -0.1) is 0 Å². The number of hydrogen-bond acceptors (Lipinski definition) is 5. The van der Waals surface area contributed by atoms with Crippen LogP contribution in [0.5, 0.6) is 0 Å². The van der Waals surface area contributed by atoms with Crippen molar-refractivity contribution >= 4 is 17.5 Å². The molecule has 3 N–H and O–H groups in total. The SMILES string of the molecule is CNC[C@@H](CC(=O)N1CCC[C@@H]([C@@](O)(CCCCOC)c2cccc(Cl)c2F)C1)CC1CCC(O)CC1. The number of nitrogens with one attached hydrogen (secondary N) is 1. The van der Waals surface area contributed by atoms with E-state index in [0.717, 1.165) is 57.9 Å². The molecule has 1 aromatic rings. The highest BCUT2D eigenvalue weighted by atomic mass is 35.5. The molecule has 1 heterocycles. The van der Waals surface area contributed by atoms with Gasteiger partial charge in [-0.25, -0.2) is 4.39 Å². The summed E-state index contributed by atoms with van der Waals surface area (Å²) in [6.45, 7) is 2.43. The number of amides is 1. The van der Waals surface area contributed by atoms with Gasteiger partial charge in [-0.05, 0) is 95.7 Å². The maximum absolute atomic E-state index is 15.2. The largest absolute Gasteiger partial charge is 0.393 e. The molecule has 1 saturated heterocycles. The molecule has 8 heteroatoms. The van der Waals surface area contributed by atoms with E-state index in [1.165, 1.54) is 6.07 Å². The van der Waals surface area contributed by atoms with Gasteiger partial charge in [0.15, 0.2) is 0 Å². The molecule has 2 aliphatic rings. The third-order valence-electron chi connectivity index (χ3n) is 8.46. The number of methoxy groups -OCH3 is 1. The predicted molar refractivity (Wildman–Crippen MR) is 145 cm³/mol. The number of aliphatic hydroxyl groups is 2. The van der Waals surface area contributed by atoms with Crippen LogP contribution < -0.4 is 5.32 Å². The fourth-order valence-electron chi connectivity index (χ4n) is 6.39. The van der Waals surface area contributed by atoms with Crippen molar-refractivity contribution < 1.29 is 24.1 Å². The fourth-order valence-corrected chi connectivity index (χ4v) is 6.56. The monoisotopic (exact) mass is 540 g/mol. The fraction of sp³-hybridized carbons (Fsp3) is 0.759. The summed E-state index contributed by atoms with van der Waals surface area (Å²) in [6, 6.07) is 4.80. The maximum atomic E-state index is 15.2. The van der Waals surface area contributed by atoms with Crippen molar-refractivity contribution in [1.29, 1.82) is 0 Å². The lowest BCUT2D eigenvalue weighted by Gasteiger charge is -2.43. The first-order chi connectivity index (χ1) is 17.8. The number of likely N-dealkylation sites (tertiary alicyclic amines) is 1. The Kier molecular flexibility index (Phi) is 12.1. The molecule has 1 saturated carbocycles. The van der Waals surface area contributed by atoms with Crippen LogP contribution >= 0.6 is 11.6 Å². The number of carbonyl (C=O) groups is 1. The van der Waals surface area contributed by atoms with Crippen molar-refractivity contribution in [3.05, 3.63) is 34.6 Å². The molecule has 0 aromatic heterocycles. The van der Waals surface area contributed by atoms with E-state index in [4.69, 9.17) is 16.3 Å². The Labute approximate surface area is 226 Å². The summed E-state index contributed by atoms with van der Waals surface area (Å²) in [6.07, 6.45) is 8.32. The van der Waals surface area contributed by atoms with E-state index in [9.17, 15) is 15.0 Å². The van der Waals surface area contributed by atoms with E-state index in [1.807, 2.05) is 11.9 Å². The van der Waals surface area contributed by atoms with Crippen LogP contribution in [0.15, 0.2) is 18.2 Å². The average molecular weight is 541 g/mol. The van der Waals surface area contributed by atoms with Gasteiger partial charge < -0.3 is 25.2 Å². The summed E-state index contributed by atoms with van der Waals surface area (Å²) < 4.78 is 20.3. The van der Waals surface area contributed by atoms with Gasteiger partial charge in [0.05, 0.1) is 16.7 Å². The Balaban J connectivity index is 1.70. The number of piperidine rings is 1. The molecule has 0 spiro atoms. The van der Waals surface area contributed by atoms with Crippen LogP contribution in [0.25, 0.3) is 0 Å². The second kappa shape index (κ2) is 14.8. The minimum atomic E-state index is -1.41. The molecule has 0 unspecified atom stereocenters. The molecule has 1 amide bonds. The molecule has 1 aliphatic heterocycles. The van der Waals surface area contributed by atoms with Gasteiger partial charge >= 0.3 is 0 Å². The lowest BCUT2D eigenvalue weighted by molar-refractivity contribution is -0.138. The zero-order valence-corrected chi connectivity index (χ0v) is 23.3. The topological polar surface area (TPSA) is 82.0 Å². The standard InChI is InChI=1S/C29H46ClFN2O4/c1-32-19-22(17-21-10-12-24(34)13-11-21)18-27(35)33-15-6-7-23(20-33)29(36,14-3-4-16-37-2)25-8-5-9-26(30)28(25)31/h5,8-9,21-24,32,34,36H,3-4,6-7,10-20H2,1-2H3/t21?,22-,23-,24?,29+/m1/s1. The zero-order valence-electron chi connectivity index (χ0n) is 22.6. The Hall–Kier alpha value is -1.25. The van der Waals surface area contributed by atoms with Crippen LogP contribution in [-0.4, -0.2) is 67.5 Å². The summed E-state index contributed by atoms with van der Waals surface area (Å²) in [7, 11) is 3.56. The van der Waals surface area contributed by atoms with E-state index in [2.05, 4.69) is 5.32 Å². The average Bonchev–Trinajstić information content (AvgIpc) is 2.89. The summed E-state index contributed by atoms with van der Waals surface area (Å²) in [5.74, 6) is 0.0361.